The third kappa shape index (κ3) is 3.91. The molecular formula is C18H22FN. The lowest BCUT2D eigenvalue weighted by molar-refractivity contribution is 0.532. The molecule has 1 N–H and O–H groups in total. The largest absolute Gasteiger partial charge is 0.316 e. The van der Waals surface area contributed by atoms with Crippen molar-refractivity contribution in [2.45, 2.75) is 32.7 Å². The Labute approximate surface area is 120 Å². The maximum absolute atomic E-state index is 13.7. The zero-order chi connectivity index (χ0) is 14.5. The van der Waals surface area contributed by atoms with Crippen LogP contribution in [0, 0.1) is 19.7 Å². The van der Waals surface area contributed by atoms with Crippen LogP contribution in [0.5, 0.6) is 0 Å². The van der Waals surface area contributed by atoms with E-state index in [2.05, 4.69) is 37.4 Å². The molecule has 1 nitrogen and oxygen atoms in total. The van der Waals surface area contributed by atoms with Crippen LogP contribution >= 0.6 is 0 Å². The molecule has 0 aliphatic heterocycles. The van der Waals surface area contributed by atoms with Crippen molar-refractivity contribution in [1.82, 2.24) is 5.32 Å². The van der Waals surface area contributed by atoms with Crippen LogP contribution in [-0.4, -0.2) is 13.1 Å². The lowest BCUT2D eigenvalue weighted by Crippen LogP contribution is -2.30. The lowest BCUT2D eigenvalue weighted by atomic mass is 9.96. The van der Waals surface area contributed by atoms with Crippen molar-refractivity contribution in [1.29, 1.82) is 0 Å². The molecular weight excluding hydrogens is 249 g/mol. The molecule has 106 valence electrons. The topological polar surface area (TPSA) is 12.0 Å². The molecule has 0 fully saturated rings. The quantitative estimate of drug-likeness (QED) is 0.872. The summed E-state index contributed by atoms with van der Waals surface area (Å²) >= 11 is 0. The molecule has 2 aromatic rings. The lowest BCUT2D eigenvalue weighted by Gasteiger charge is -2.17. The zero-order valence-corrected chi connectivity index (χ0v) is 12.4. The van der Waals surface area contributed by atoms with Crippen molar-refractivity contribution >= 4 is 0 Å². The highest BCUT2D eigenvalue weighted by molar-refractivity contribution is 5.29. The van der Waals surface area contributed by atoms with E-state index in [9.17, 15) is 4.39 Å². The summed E-state index contributed by atoms with van der Waals surface area (Å²) < 4.78 is 13.7. The van der Waals surface area contributed by atoms with Crippen LogP contribution in [0.15, 0.2) is 42.5 Å². The fraction of sp³-hybridized carbons (Fsp3) is 0.333. The first kappa shape index (κ1) is 14.7. The zero-order valence-electron chi connectivity index (χ0n) is 12.4. The predicted octanol–water partition coefficient (Wildman–Crippen LogP) is 3.82. The molecule has 1 atom stereocenters. The molecule has 0 aromatic heterocycles. The fourth-order valence-electron chi connectivity index (χ4n) is 2.68. The predicted molar refractivity (Wildman–Crippen MR) is 82.6 cm³/mol. The van der Waals surface area contributed by atoms with Gasteiger partial charge in [-0.25, -0.2) is 4.39 Å². The van der Waals surface area contributed by atoms with Gasteiger partial charge < -0.3 is 5.32 Å². The van der Waals surface area contributed by atoms with E-state index in [0.29, 0.717) is 6.42 Å². The number of hydrogen-bond acceptors (Lipinski definition) is 1. The van der Waals surface area contributed by atoms with Crippen molar-refractivity contribution in [2.75, 3.05) is 7.05 Å². The van der Waals surface area contributed by atoms with E-state index in [0.717, 1.165) is 12.0 Å². The van der Waals surface area contributed by atoms with Crippen molar-refractivity contribution in [3.05, 3.63) is 70.5 Å². The molecule has 2 aromatic carbocycles. The summed E-state index contributed by atoms with van der Waals surface area (Å²) in [5.41, 5.74) is 4.64. The SMILES string of the molecule is CNC(Cc1cc(C)cc(C)c1)Cc1ccccc1F. The summed E-state index contributed by atoms with van der Waals surface area (Å²) in [6, 6.07) is 13.8. The molecule has 1 unspecified atom stereocenters. The molecule has 0 saturated carbocycles. The summed E-state index contributed by atoms with van der Waals surface area (Å²) in [7, 11) is 1.94. The number of halogens is 1. The van der Waals surface area contributed by atoms with Gasteiger partial charge in [0.2, 0.25) is 0 Å². The highest BCUT2D eigenvalue weighted by Gasteiger charge is 2.11. The van der Waals surface area contributed by atoms with Crippen LogP contribution in [0.25, 0.3) is 0 Å². The average molecular weight is 271 g/mol. The van der Waals surface area contributed by atoms with E-state index in [1.54, 1.807) is 6.07 Å². The third-order valence-corrected chi connectivity index (χ3v) is 3.60. The first-order chi connectivity index (χ1) is 9.58. The number of nitrogens with one attached hydrogen (secondary N) is 1. The first-order valence-corrected chi connectivity index (χ1v) is 7.06. The molecule has 2 rings (SSSR count). The van der Waals surface area contributed by atoms with E-state index in [-0.39, 0.29) is 11.9 Å². The summed E-state index contributed by atoms with van der Waals surface area (Å²) in [4.78, 5) is 0. The Morgan fingerprint density at radius 3 is 2.25 bits per heavy atom. The summed E-state index contributed by atoms with van der Waals surface area (Å²) in [5, 5.41) is 3.30. The molecule has 0 saturated heterocycles. The number of hydrogen-bond donors (Lipinski definition) is 1. The van der Waals surface area contributed by atoms with Crippen molar-refractivity contribution in [2.24, 2.45) is 0 Å². The second-order valence-corrected chi connectivity index (χ2v) is 5.48. The van der Waals surface area contributed by atoms with E-state index in [1.165, 1.54) is 22.8 Å². The molecule has 0 aliphatic carbocycles. The standard InChI is InChI=1S/C18H22FN/c1-13-8-14(2)10-15(9-13)11-17(20-3)12-16-6-4-5-7-18(16)19/h4-10,17,20H,11-12H2,1-3H3. The Morgan fingerprint density at radius 2 is 1.65 bits per heavy atom. The van der Waals surface area contributed by atoms with Gasteiger partial charge in [-0.15, -0.1) is 0 Å². The average Bonchev–Trinajstić information content (AvgIpc) is 2.39. The molecule has 20 heavy (non-hydrogen) atoms. The third-order valence-electron chi connectivity index (χ3n) is 3.60. The molecule has 2 heteroatoms. The smallest absolute Gasteiger partial charge is 0.126 e. The van der Waals surface area contributed by atoms with Crippen LogP contribution in [0.4, 0.5) is 4.39 Å². The second-order valence-electron chi connectivity index (χ2n) is 5.48. The van der Waals surface area contributed by atoms with Crippen LogP contribution in [0.1, 0.15) is 22.3 Å². The van der Waals surface area contributed by atoms with Gasteiger partial charge in [0.05, 0.1) is 0 Å². The normalized spacial score (nSPS) is 12.4. The number of likely N-dealkylation sites (N-methyl/N-ethyl adjacent to an activating group) is 1. The van der Waals surface area contributed by atoms with Gasteiger partial charge >= 0.3 is 0 Å². The minimum atomic E-state index is -0.117. The Balaban J connectivity index is 2.11. The van der Waals surface area contributed by atoms with Gasteiger partial charge in [-0.3, -0.25) is 0 Å². The number of rotatable bonds is 5. The molecule has 0 heterocycles. The van der Waals surface area contributed by atoms with E-state index in [1.807, 2.05) is 19.2 Å². The van der Waals surface area contributed by atoms with Gasteiger partial charge in [0.25, 0.3) is 0 Å². The molecule has 0 spiro atoms. The second kappa shape index (κ2) is 6.67. The van der Waals surface area contributed by atoms with Gasteiger partial charge in [0.1, 0.15) is 5.82 Å². The monoisotopic (exact) mass is 271 g/mol. The van der Waals surface area contributed by atoms with Crippen LogP contribution in [0.3, 0.4) is 0 Å². The summed E-state index contributed by atoms with van der Waals surface area (Å²) in [6.07, 6.45) is 1.61. The minimum absolute atomic E-state index is 0.117. The highest BCUT2D eigenvalue weighted by atomic mass is 19.1. The van der Waals surface area contributed by atoms with Crippen LogP contribution in [0.2, 0.25) is 0 Å². The van der Waals surface area contributed by atoms with E-state index < -0.39 is 0 Å². The van der Waals surface area contributed by atoms with Crippen molar-refractivity contribution in [3.63, 3.8) is 0 Å². The molecule has 0 amide bonds. The Bertz CT molecular complexity index is 557. The minimum Gasteiger partial charge on any atom is -0.316 e. The molecule has 0 aliphatic rings. The van der Waals surface area contributed by atoms with Gasteiger partial charge in [0.15, 0.2) is 0 Å². The van der Waals surface area contributed by atoms with Gasteiger partial charge in [-0.1, -0.05) is 47.5 Å². The highest BCUT2D eigenvalue weighted by Crippen LogP contribution is 2.15. The first-order valence-electron chi connectivity index (χ1n) is 7.06. The Morgan fingerprint density at radius 1 is 1.00 bits per heavy atom. The maximum atomic E-state index is 13.7. The van der Waals surface area contributed by atoms with Gasteiger partial charge in [0, 0.05) is 6.04 Å². The number of aryl methyl sites for hydroxylation is 2. The van der Waals surface area contributed by atoms with Gasteiger partial charge in [-0.2, -0.15) is 0 Å². The number of benzene rings is 2. The molecule has 0 bridgehead atoms. The van der Waals surface area contributed by atoms with Gasteiger partial charge in [-0.05, 0) is 50.9 Å². The fourth-order valence-corrected chi connectivity index (χ4v) is 2.68. The van der Waals surface area contributed by atoms with Crippen molar-refractivity contribution in [3.8, 4) is 0 Å². The van der Waals surface area contributed by atoms with Crippen molar-refractivity contribution < 1.29 is 4.39 Å². The Kier molecular flexibility index (Phi) is 4.91. The Hall–Kier alpha value is -1.67. The van der Waals surface area contributed by atoms with Crippen LogP contribution < -0.4 is 5.32 Å². The van der Waals surface area contributed by atoms with E-state index >= 15 is 0 Å². The molecule has 0 radical (unpaired) electrons. The van der Waals surface area contributed by atoms with E-state index in [4.69, 9.17) is 0 Å². The van der Waals surface area contributed by atoms with Crippen LogP contribution in [-0.2, 0) is 12.8 Å². The summed E-state index contributed by atoms with van der Waals surface area (Å²) in [6.45, 7) is 4.23. The summed E-state index contributed by atoms with van der Waals surface area (Å²) in [5.74, 6) is -0.117. The maximum Gasteiger partial charge on any atom is 0.126 e.